The van der Waals surface area contributed by atoms with E-state index in [0.717, 1.165) is 0 Å². The van der Waals surface area contributed by atoms with Crippen LogP contribution in [0.4, 0.5) is 10.5 Å². The summed E-state index contributed by atoms with van der Waals surface area (Å²) < 4.78 is 4.83. The van der Waals surface area contributed by atoms with Crippen LogP contribution in [0, 0.1) is 0 Å². The van der Waals surface area contributed by atoms with Crippen LogP contribution in [0.3, 0.4) is 0 Å². The Morgan fingerprint density at radius 1 is 1.32 bits per heavy atom. The number of benzene rings is 1. The van der Waals surface area contributed by atoms with Crippen molar-refractivity contribution >= 4 is 17.6 Å². The maximum atomic E-state index is 11.8. The van der Waals surface area contributed by atoms with E-state index in [-0.39, 0.29) is 11.9 Å². The lowest BCUT2D eigenvalue weighted by atomic mass is 10.2. The second-order valence-electron chi connectivity index (χ2n) is 4.15. The fourth-order valence-corrected chi connectivity index (χ4v) is 1.43. The van der Waals surface area contributed by atoms with E-state index in [1.54, 1.807) is 45.5 Å². The molecule has 6 nitrogen and oxygen atoms in total. The van der Waals surface area contributed by atoms with Gasteiger partial charge in [-0.15, -0.1) is 0 Å². The zero-order chi connectivity index (χ0) is 14.3. The topological polar surface area (TPSA) is 70.7 Å². The van der Waals surface area contributed by atoms with Gasteiger partial charge in [-0.2, -0.15) is 0 Å². The molecule has 0 atom stereocenters. The molecule has 3 amide bonds. The van der Waals surface area contributed by atoms with E-state index >= 15 is 0 Å². The molecule has 0 bridgehead atoms. The van der Waals surface area contributed by atoms with Crippen molar-refractivity contribution in [1.29, 1.82) is 0 Å². The van der Waals surface area contributed by atoms with Crippen LogP contribution >= 0.6 is 0 Å². The summed E-state index contributed by atoms with van der Waals surface area (Å²) in [6.45, 7) is 0.880. The van der Waals surface area contributed by atoms with Gasteiger partial charge in [-0.3, -0.25) is 4.79 Å². The molecule has 0 fully saturated rings. The quantitative estimate of drug-likeness (QED) is 0.785. The number of carbonyl (C=O) groups is 2. The second-order valence-corrected chi connectivity index (χ2v) is 4.15. The molecule has 0 radical (unpaired) electrons. The summed E-state index contributed by atoms with van der Waals surface area (Å²) in [5, 5.41) is 5.29. The number of anilines is 1. The molecule has 0 aliphatic carbocycles. The number of rotatable bonds is 5. The third-order valence-electron chi connectivity index (χ3n) is 2.37. The second kappa shape index (κ2) is 7.38. The van der Waals surface area contributed by atoms with Gasteiger partial charge in [0, 0.05) is 39.0 Å². The standard InChI is InChI=1S/C13H19N3O3/c1-16(2)12(17)10-5-4-6-11(9-10)15-13(18)14-7-8-19-3/h4-6,9H,7-8H2,1-3H3,(H2,14,15,18). The molecule has 1 aromatic carbocycles. The zero-order valence-electron chi connectivity index (χ0n) is 11.4. The number of methoxy groups -OCH3 is 1. The van der Waals surface area contributed by atoms with Gasteiger partial charge in [0.25, 0.3) is 5.91 Å². The van der Waals surface area contributed by atoms with E-state index in [0.29, 0.717) is 24.4 Å². The number of urea groups is 1. The molecular formula is C13H19N3O3. The van der Waals surface area contributed by atoms with Crippen LogP contribution in [0.1, 0.15) is 10.4 Å². The van der Waals surface area contributed by atoms with Crippen molar-refractivity contribution in [3.8, 4) is 0 Å². The Bertz CT molecular complexity index is 447. The van der Waals surface area contributed by atoms with Gasteiger partial charge in [-0.25, -0.2) is 4.79 Å². The van der Waals surface area contributed by atoms with Crippen LogP contribution in [-0.4, -0.2) is 51.2 Å². The lowest BCUT2D eigenvalue weighted by Crippen LogP contribution is -2.31. The Morgan fingerprint density at radius 2 is 2.05 bits per heavy atom. The number of nitrogens with zero attached hydrogens (tertiary/aromatic N) is 1. The fourth-order valence-electron chi connectivity index (χ4n) is 1.43. The van der Waals surface area contributed by atoms with Gasteiger partial charge in [0.05, 0.1) is 6.61 Å². The third-order valence-corrected chi connectivity index (χ3v) is 2.37. The van der Waals surface area contributed by atoms with E-state index in [1.807, 2.05) is 0 Å². The molecule has 0 aliphatic heterocycles. The normalized spacial score (nSPS) is 9.84. The van der Waals surface area contributed by atoms with E-state index in [1.165, 1.54) is 4.90 Å². The van der Waals surface area contributed by atoms with Crippen molar-refractivity contribution in [2.75, 3.05) is 39.7 Å². The molecule has 6 heteroatoms. The number of ether oxygens (including phenoxy) is 1. The van der Waals surface area contributed by atoms with Crippen molar-refractivity contribution in [3.05, 3.63) is 29.8 Å². The summed E-state index contributed by atoms with van der Waals surface area (Å²) >= 11 is 0. The molecule has 0 aromatic heterocycles. The molecule has 1 aromatic rings. The van der Waals surface area contributed by atoms with E-state index in [4.69, 9.17) is 4.74 Å². The molecule has 0 unspecified atom stereocenters. The first-order valence-corrected chi connectivity index (χ1v) is 5.90. The fraction of sp³-hybridized carbons (Fsp3) is 0.385. The number of hydrogen-bond acceptors (Lipinski definition) is 3. The molecule has 1 rings (SSSR count). The first kappa shape index (κ1) is 15.0. The first-order chi connectivity index (χ1) is 9.04. The number of amides is 3. The average molecular weight is 265 g/mol. The Balaban J connectivity index is 2.62. The van der Waals surface area contributed by atoms with Crippen molar-refractivity contribution in [2.24, 2.45) is 0 Å². The Labute approximate surface area is 112 Å². The minimum absolute atomic E-state index is 0.108. The molecule has 19 heavy (non-hydrogen) atoms. The van der Waals surface area contributed by atoms with Gasteiger partial charge in [0.15, 0.2) is 0 Å². The maximum absolute atomic E-state index is 11.8. The highest BCUT2D eigenvalue weighted by Gasteiger charge is 2.09. The van der Waals surface area contributed by atoms with Crippen LogP contribution in [0.25, 0.3) is 0 Å². The Morgan fingerprint density at radius 3 is 2.68 bits per heavy atom. The zero-order valence-corrected chi connectivity index (χ0v) is 11.4. The monoisotopic (exact) mass is 265 g/mol. The van der Waals surface area contributed by atoms with E-state index in [2.05, 4.69) is 10.6 Å². The lowest BCUT2D eigenvalue weighted by Gasteiger charge is -2.12. The smallest absolute Gasteiger partial charge is 0.319 e. The third kappa shape index (κ3) is 4.97. The highest BCUT2D eigenvalue weighted by molar-refractivity contribution is 5.96. The predicted octanol–water partition coefficient (Wildman–Crippen LogP) is 1.16. The summed E-state index contributed by atoms with van der Waals surface area (Å²) in [5.74, 6) is -0.108. The molecular weight excluding hydrogens is 246 g/mol. The first-order valence-electron chi connectivity index (χ1n) is 5.90. The number of carbonyl (C=O) groups excluding carboxylic acids is 2. The summed E-state index contributed by atoms with van der Waals surface area (Å²) in [5.41, 5.74) is 1.10. The van der Waals surface area contributed by atoms with Gasteiger partial charge in [0.1, 0.15) is 0 Å². The van der Waals surface area contributed by atoms with Crippen molar-refractivity contribution in [1.82, 2.24) is 10.2 Å². The van der Waals surface area contributed by atoms with E-state index < -0.39 is 0 Å². The minimum Gasteiger partial charge on any atom is -0.383 e. The van der Waals surface area contributed by atoms with Crippen LogP contribution in [-0.2, 0) is 4.74 Å². The lowest BCUT2D eigenvalue weighted by molar-refractivity contribution is 0.0827. The van der Waals surface area contributed by atoms with Crippen LogP contribution < -0.4 is 10.6 Å². The van der Waals surface area contributed by atoms with Crippen molar-refractivity contribution in [2.45, 2.75) is 0 Å². The SMILES string of the molecule is COCCNC(=O)Nc1cccc(C(=O)N(C)C)c1. The number of nitrogens with one attached hydrogen (secondary N) is 2. The summed E-state index contributed by atoms with van der Waals surface area (Å²) in [7, 11) is 4.93. The van der Waals surface area contributed by atoms with Gasteiger partial charge in [0.2, 0.25) is 0 Å². The highest BCUT2D eigenvalue weighted by atomic mass is 16.5. The summed E-state index contributed by atoms with van der Waals surface area (Å²) in [4.78, 5) is 24.8. The molecule has 0 heterocycles. The Hall–Kier alpha value is -2.08. The number of hydrogen-bond donors (Lipinski definition) is 2. The molecule has 0 saturated heterocycles. The van der Waals surface area contributed by atoms with Crippen LogP contribution in [0.2, 0.25) is 0 Å². The van der Waals surface area contributed by atoms with Crippen LogP contribution in [0.5, 0.6) is 0 Å². The molecule has 104 valence electrons. The van der Waals surface area contributed by atoms with E-state index in [9.17, 15) is 9.59 Å². The van der Waals surface area contributed by atoms with Crippen molar-refractivity contribution in [3.63, 3.8) is 0 Å². The largest absolute Gasteiger partial charge is 0.383 e. The minimum atomic E-state index is -0.327. The van der Waals surface area contributed by atoms with Gasteiger partial charge >= 0.3 is 6.03 Å². The van der Waals surface area contributed by atoms with Gasteiger partial charge in [-0.1, -0.05) is 6.07 Å². The summed E-state index contributed by atoms with van der Waals surface area (Å²) in [6.07, 6.45) is 0. The maximum Gasteiger partial charge on any atom is 0.319 e. The Kier molecular flexibility index (Phi) is 5.81. The highest BCUT2D eigenvalue weighted by Crippen LogP contribution is 2.11. The van der Waals surface area contributed by atoms with Gasteiger partial charge < -0.3 is 20.3 Å². The molecule has 0 aliphatic rings. The predicted molar refractivity (Wildman–Crippen MR) is 73.4 cm³/mol. The van der Waals surface area contributed by atoms with Crippen molar-refractivity contribution < 1.29 is 14.3 Å². The summed E-state index contributed by atoms with van der Waals surface area (Å²) in [6, 6.07) is 6.46. The van der Waals surface area contributed by atoms with Crippen LogP contribution in [0.15, 0.2) is 24.3 Å². The van der Waals surface area contributed by atoms with Gasteiger partial charge in [-0.05, 0) is 18.2 Å². The molecule has 0 spiro atoms. The molecule has 0 saturated carbocycles. The average Bonchev–Trinajstić information content (AvgIpc) is 2.38. The molecule has 2 N–H and O–H groups in total.